The lowest BCUT2D eigenvalue weighted by Crippen LogP contribution is -2.08. The van der Waals surface area contributed by atoms with Crippen LogP contribution in [0.2, 0.25) is 0 Å². The summed E-state index contributed by atoms with van der Waals surface area (Å²) in [5.41, 5.74) is 2.30. The smallest absolute Gasteiger partial charge is 0.204 e. The van der Waals surface area contributed by atoms with Crippen molar-refractivity contribution >= 4 is 28.3 Å². The monoisotopic (exact) mass is 399 g/mol. The summed E-state index contributed by atoms with van der Waals surface area (Å²) < 4.78 is 12.8. The minimum atomic E-state index is 0.120. The number of hydrogen-bond donors (Lipinski definition) is 1. The standard InChI is InChI=1S/C21H29N5O3/c1-13(2)17(27)9-7-6-8-10-22-20-21-25-24-14(3)26(21)16-12-19(29-5)18(28-4)11-15(16)23-20/h11-13H,6-10H2,1-5H3,(H,22,23). The molecule has 0 aliphatic rings. The Balaban J connectivity index is 1.78. The van der Waals surface area contributed by atoms with Crippen molar-refractivity contribution in [2.45, 2.75) is 46.5 Å². The normalized spacial score (nSPS) is 11.4. The van der Waals surface area contributed by atoms with Crippen molar-refractivity contribution in [3.05, 3.63) is 18.0 Å². The second kappa shape index (κ2) is 9.07. The lowest BCUT2D eigenvalue weighted by Gasteiger charge is -2.13. The minimum Gasteiger partial charge on any atom is -0.493 e. The highest BCUT2D eigenvalue weighted by molar-refractivity contribution is 5.86. The molecule has 0 aliphatic heterocycles. The van der Waals surface area contributed by atoms with Crippen LogP contribution in [0.5, 0.6) is 11.5 Å². The van der Waals surface area contributed by atoms with Crippen LogP contribution in [-0.4, -0.2) is 46.1 Å². The number of carbonyl (C=O) groups excluding carboxylic acids is 1. The number of aromatic nitrogens is 4. The van der Waals surface area contributed by atoms with Crippen molar-refractivity contribution in [1.82, 2.24) is 19.6 Å². The Morgan fingerprint density at radius 2 is 1.83 bits per heavy atom. The number of unbranched alkanes of at least 4 members (excludes halogenated alkanes) is 2. The van der Waals surface area contributed by atoms with Gasteiger partial charge in [0.1, 0.15) is 11.6 Å². The van der Waals surface area contributed by atoms with Crippen LogP contribution in [0.15, 0.2) is 12.1 Å². The first-order chi connectivity index (χ1) is 14.0. The highest BCUT2D eigenvalue weighted by atomic mass is 16.5. The van der Waals surface area contributed by atoms with E-state index >= 15 is 0 Å². The summed E-state index contributed by atoms with van der Waals surface area (Å²) in [5, 5.41) is 11.9. The maximum absolute atomic E-state index is 11.7. The van der Waals surface area contributed by atoms with Gasteiger partial charge in [0.15, 0.2) is 17.3 Å². The Labute approximate surface area is 170 Å². The number of benzene rings is 1. The highest BCUT2D eigenvalue weighted by Crippen LogP contribution is 2.33. The molecule has 0 fully saturated rings. The molecular formula is C21H29N5O3. The van der Waals surface area contributed by atoms with Gasteiger partial charge >= 0.3 is 0 Å². The van der Waals surface area contributed by atoms with Gasteiger partial charge in [0.25, 0.3) is 0 Å². The van der Waals surface area contributed by atoms with E-state index < -0.39 is 0 Å². The Bertz CT molecular complexity index is 1010. The first kappa shape index (κ1) is 20.8. The maximum atomic E-state index is 11.7. The molecule has 2 heterocycles. The van der Waals surface area contributed by atoms with Gasteiger partial charge in [0.05, 0.1) is 25.3 Å². The van der Waals surface area contributed by atoms with Crippen LogP contribution in [-0.2, 0) is 4.79 Å². The molecule has 8 nitrogen and oxygen atoms in total. The van der Waals surface area contributed by atoms with Gasteiger partial charge < -0.3 is 14.8 Å². The SMILES string of the molecule is COc1cc2nc(NCCCCCC(=O)C(C)C)c3nnc(C)n3c2cc1OC. The summed E-state index contributed by atoms with van der Waals surface area (Å²) in [6, 6.07) is 3.75. The summed E-state index contributed by atoms with van der Waals surface area (Å²) in [5.74, 6) is 3.17. The molecule has 0 bridgehead atoms. The van der Waals surface area contributed by atoms with Gasteiger partial charge in [-0.25, -0.2) is 4.98 Å². The lowest BCUT2D eigenvalue weighted by molar-refractivity contribution is -0.122. The number of hydrogen-bond acceptors (Lipinski definition) is 7. The quantitative estimate of drug-likeness (QED) is 0.519. The Morgan fingerprint density at radius 3 is 2.52 bits per heavy atom. The van der Waals surface area contributed by atoms with Crippen molar-refractivity contribution in [2.24, 2.45) is 5.92 Å². The molecule has 2 aromatic heterocycles. The number of rotatable bonds is 10. The van der Waals surface area contributed by atoms with Crippen molar-refractivity contribution in [2.75, 3.05) is 26.1 Å². The molecule has 0 unspecified atom stereocenters. The van der Waals surface area contributed by atoms with E-state index in [1.54, 1.807) is 14.2 Å². The van der Waals surface area contributed by atoms with E-state index in [0.717, 1.165) is 42.7 Å². The molecule has 8 heteroatoms. The van der Waals surface area contributed by atoms with E-state index in [1.165, 1.54) is 0 Å². The molecule has 1 aromatic carbocycles. The number of aryl methyl sites for hydroxylation is 1. The number of anilines is 1. The fourth-order valence-corrected chi connectivity index (χ4v) is 3.32. The van der Waals surface area contributed by atoms with Crippen LogP contribution < -0.4 is 14.8 Å². The molecule has 0 spiro atoms. The van der Waals surface area contributed by atoms with Crippen LogP contribution in [0.4, 0.5) is 5.82 Å². The molecule has 3 aromatic rings. The van der Waals surface area contributed by atoms with Gasteiger partial charge in [-0.05, 0) is 19.8 Å². The number of fused-ring (bicyclic) bond motifs is 3. The van der Waals surface area contributed by atoms with Crippen molar-refractivity contribution < 1.29 is 14.3 Å². The van der Waals surface area contributed by atoms with Crippen molar-refractivity contribution in [3.8, 4) is 11.5 Å². The van der Waals surface area contributed by atoms with E-state index in [9.17, 15) is 4.79 Å². The fourth-order valence-electron chi connectivity index (χ4n) is 3.32. The van der Waals surface area contributed by atoms with Crippen LogP contribution in [0, 0.1) is 12.8 Å². The predicted octanol–water partition coefficient (Wildman–Crippen LogP) is 3.80. The van der Waals surface area contributed by atoms with E-state index in [4.69, 9.17) is 14.5 Å². The number of ketones is 1. The largest absolute Gasteiger partial charge is 0.493 e. The number of nitrogens with zero attached hydrogens (tertiary/aromatic N) is 4. The molecule has 0 radical (unpaired) electrons. The summed E-state index contributed by atoms with van der Waals surface area (Å²) in [4.78, 5) is 16.5. The fraction of sp³-hybridized carbons (Fsp3) is 0.524. The average molecular weight is 399 g/mol. The van der Waals surface area contributed by atoms with Crippen LogP contribution in [0.3, 0.4) is 0 Å². The zero-order chi connectivity index (χ0) is 21.0. The number of ether oxygens (including phenoxy) is 2. The zero-order valence-electron chi connectivity index (χ0n) is 17.8. The number of Topliss-reactive ketones (excluding diaryl/α,β-unsaturated/α-hetero) is 1. The zero-order valence-corrected chi connectivity index (χ0v) is 17.8. The van der Waals surface area contributed by atoms with Crippen LogP contribution in [0.25, 0.3) is 16.7 Å². The minimum absolute atomic E-state index is 0.120. The third kappa shape index (κ3) is 4.41. The highest BCUT2D eigenvalue weighted by Gasteiger charge is 2.16. The van der Waals surface area contributed by atoms with Gasteiger partial charge in [0, 0.05) is 31.0 Å². The molecule has 3 rings (SSSR count). The Hall–Kier alpha value is -2.90. The topological polar surface area (TPSA) is 90.6 Å². The first-order valence-electron chi connectivity index (χ1n) is 10.00. The second-order valence-electron chi connectivity index (χ2n) is 7.42. The molecule has 29 heavy (non-hydrogen) atoms. The van der Waals surface area contributed by atoms with Gasteiger partial charge in [-0.1, -0.05) is 20.3 Å². The summed E-state index contributed by atoms with van der Waals surface area (Å²) in [6.07, 6.45) is 3.52. The number of carbonyl (C=O) groups is 1. The van der Waals surface area contributed by atoms with Gasteiger partial charge in [-0.15, -0.1) is 10.2 Å². The second-order valence-corrected chi connectivity index (χ2v) is 7.42. The maximum Gasteiger partial charge on any atom is 0.204 e. The first-order valence-corrected chi connectivity index (χ1v) is 10.00. The predicted molar refractivity (Wildman–Crippen MR) is 113 cm³/mol. The van der Waals surface area contributed by atoms with Crippen LogP contribution in [0.1, 0.15) is 45.4 Å². The van der Waals surface area contributed by atoms with Crippen molar-refractivity contribution in [3.63, 3.8) is 0 Å². The lowest BCUT2D eigenvalue weighted by atomic mass is 10.0. The molecule has 0 amide bonds. The summed E-state index contributed by atoms with van der Waals surface area (Å²) in [7, 11) is 3.22. The van der Waals surface area contributed by atoms with Gasteiger partial charge in [-0.3, -0.25) is 9.20 Å². The molecule has 0 saturated carbocycles. The molecule has 0 saturated heterocycles. The molecule has 1 N–H and O–H groups in total. The van der Waals surface area contributed by atoms with E-state index in [2.05, 4.69) is 15.5 Å². The van der Waals surface area contributed by atoms with Crippen LogP contribution >= 0.6 is 0 Å². The van der Waals surface area contributed by atoms with Crippen molar-refractivity contribution in [1.29, 1.82) is 0 Å². The number of nitrogens with one attached hydrogen (secondary N) is 1. The van der Waals surface area contributed by atoms with Gasteiger partial charge in [0.2, 0.25) is 5.65 Å². The third-order valence-electron chi connectivity index (χ3n) is 5.03. The average Bonchev–Trinajstić information content (AvgIpc) is 3.11. The van der Waals surface area contributed by atoms with Gasteiger partial charge in [-0.2, -0.15) is 0 Å². The third-order valence-corrected chi connectivity index (χ3v) is 5.03. The van der Waals surface area contributed by atoms with E-state index in [0.29, 0.717) is 35.2 Å². The van der Waals surface area contributed by atoms with E-state index in [-0.39, 0.29) is 5.92 Å². The molecule has 156 valence electrons. The Morgan fingerprint density at radius 1 is 1.10 bits per heavy atom. The molecule has 0 aliphatic carbocycles. The van der Waals surface area contributed by atoms with E-state index in [1.807, 2.05) is 37.3 Å². The molecular weight excluding hydrogens is 370 g/mol. The summed E-state index contributed by atoms with van der Waals surface area (Å²) in [6.45, 7) is 6.56. The molecule has 0 atom stereocenters. The summed E-state index contributed by atoms with van der Waals surface area (Å²) >= 11 is 0. The Kier molecular flexibility index (Phi) is 6.51. The number of methoxy groups -OCH3 is 2.